The lowest BCUT2D eigenvalue weighted by molar-refractivity contribution is 0.0974. The van der Waals surface area contributed by atoms with Crippen molar-refractivity contribution in [2.75, 3.05) is 24.6 Å². The summed E-state index contributed by atoms with van der Waals surface area (Å²) in [6.45, 7) is 4.41. The molecular weight excluding hydrogens is 430 g/mol. The average molecular weight is 451 g/mol. The third-order valence-corrected chi connectivity index (χ3v) is 7.22. The van der Waals surface area contributed by atoms with E-state index < -0.39 is 5.82 Å². The molecule has 0 unspecified atom stereocenters. The second-order valence-electron chi connectivity index (χ2n) is 8.08. The minimum atomic E-state index is -0.536. The molecule has 30 heavy (non-hydrogen) atoms. The lowest BCUT2D eigenvalue weighted by Crippen LogP contribution is -2.50. The molecule has 2 atom stereocenters. The number of ether oxygens (including phenoxy) is 1. The first kappa shape index (κ1) is 19.9. The second kappa shape index (κ2) is 7.30. The molecule has 4 heterocycles. The molecule has 1 spiro atoms. The zero-order valence-corrected chi connectivity index (χ0v) is 17.9. The van der Waals surface area contributed by atoms with Gasteiger partial charge in [-0.15, -0.1) is 0 Å². The number of aromatic nitrogens is 4. The Bertz CT molecular complexity index is 1110. The SMILES string of the molecule is C[C@@H]1OCC2(CCN(c3cnc4c(cnn4-c4c(F)ccc(Cl)c4Cl)n3)CC2)[C@@H]1N. The molecule has 0 amide bonds. The van der Waals surface area contributed by atoms with Crippen LogP contribution in [0.3, 0.4) is 0 Å². The van der Waals surface area contributed by atoms with Gasteiger partial charge in [-0.05, 0) is 31.9 Å². The average Bonchev–Trinajstić information content (AvgIpc) is 3.28. The van der Waals surface area contributed by atoms with Crippen molar-refractivity contribution in [2.45, 2.75) is 31.9 Å². The first-order valence-corrected chi connectivity index (χ1v) is 10.6. The minimum Gasteiger partial charge on any atom is -0.376 e. The van der Waals surface area contributed by atoms with E-state index in [4.69, 9.17) is 38.7 Å². The largest absolute Gasteiger partial charge is 0.376 e. The van der Waals surface area contributed by atoms with Gasteiger partial charge in [0.25, 0.3) is 0 Å². The molecule has 2 N–H and O–H groups in total. The van der Waals surface area contributed by atoms with E-state index in [0.717, 1.165) is 31.7 Å². The van der Waals surface area contributed by atoms with E-state index in [1.54, 1.807) is 12.4 Å². The predicted molar refractivity (Wildman–Crippen MR) is 114 cm³/mol. The highest BCUT2D eigenvalue weighted by Crippen LogP contribution is 2.41. The topological polar surface area (TPSA) is 82.1 Å². The summed E-state index contributed by atoms with van der Waals surface area (Å²) in [5.74, 6) is 0.223. The Balaban J connectivity index is 1.42. The van der Waals surface area contributed by atoms with Crippen LogP contribution in [0.4, 0.5) is 10.2 Å². The molecule has 0 saturated carbocycles. The van der Waals surface area contributed by atoms with Crippen LogP contribution in [0.25, 0.3) is 16.9 Å². The summed E-state index contributed by atoms with van der Waals surface area (Å²) in [6.07, 6.45) is 5.22. The number of hydrogen-bond acceptors (Lipinski definition) is 6. The van der Waals surface area contributed by atoms with Crippen molar-refractivity contribution in [1.29, 1.82) is 0 Å². The number of fused-ring (bicyclic) bond motifs is 1. The summed E-state index contributed by atoms with van der Waals surface area (Å²) >= 11 is 12.3. The molecule has 1 aromatic carbocycles. The molecule has 2 aromatic heterocycles. The normalized spacial score (nSPS) is 23.6. The lowest BCUT2D eigenvalue weighted by atomic mass is 9.73. The number of hydrogen-bond donors (Lipinski definition) is 1. The minimum absolute atomic E-state index is 0.0409. The Morgan fingerprint density at radius 3 is 2.70 bits per heavy atom. The molecule has 3 aromatic rings. The Hall–Kier alpha value is -2.00. The van der Waals surface area contributed by atoms with Crippen molar-refractivity contribution < 1.29 is 9.13 Å². The summed E-state index contributed by atoms with van der Waals surface area (Å²) in [7, 11) is 0. The van der Waals surface area contributed by atoms with E-state index in [1.807, 2.05) is 6.92 Å². The number of halogens is 3. The molecule has 0 aliphatic carbocycles. The monoisotopic (exact) mass is 450 g/mol. The van der Waals surface area contributed by atoms with Crippen LogP contribution in [0.15, 0.2) is 24.5 Å². The summed E-state index contributed by atoms with van der Waals surface area (Å²) in [5, 5.41) is 4.57. The molecule has 2 fully saturated rings. The number of piperidine rings is 1. The third-order valence-electron chi connectivity index (χ3n) is 6.42. The summed E-state index contributed by atoms with van der Waals surface area (Å²) in [4.78, 5) is 11.4. The maximum absolute atomic E-state index is 14.4. The van der Waals surface area contributed by atoms with E-state index >= 15 is 0 Å². The van der Waals surface area contributed by atoms with Gasteiger partial charge in [-0.2, -0.15) is 5.10 Å². The number of anilines is 1. The van der Waals surface area contributed by atoms with Gasteiger partial charge in [0.15, 0.2) is 11.5 Å². The zero-order valence-electron chi connectivity index (χ0n) is 16.4. The Morgan fingerprint density at radius 2 is 2.00 bits per heavy atom. The molecule has 5 rings (SSSR count). The van der Waals surface area contributed by atoms with Crippen LogP contribution in [0.1, 0.15) is 19.8 Å². The molecule has 2 saturated heterocycles. The van der Waals surface area contributed by atoms with Crippen molar-refractivity contribution in [3.63, 3.8) is 0 Å². The van der Waals surface area contributed by atoms with Crippen LogP contribution in [-0.2, 0) is 4.74 Å². The van der Waals surface area contributed by atoms with Gasteiger partial charge in [0, 0.05) is 24.5 Å². The predicted octanol–water partition coefficient (Wildman–Crippen LogP) is 3.59. The Labute approximate surface area is 182 Å². The molecular formula is C20H21Cl2FN6O. The summed E-state index contributed by atoms with van der Waals surface area (Å²) in [6, 6.07) is 2.72. The Kier molecular flexibility index (Phi) is 4.85. The van der Waals surface area contributed by atoms with Crippen molar-refractivity contribution in [1.82, 2.24) is 19.7 Å². The van der Waals surface area contributed by atoms with Crippen LogP contribution >= 0.6 is 23.2 Å². The number of benzene rings is 1. The van der Waals surface area contributed by atoms with Gasteiger partial charge in [0.1, 0.15) is 17.0 Å². The Morgan fingerprint density at radius 1 is 1.23 bits per heavy atom. The highest BCUT2D eigenvalue weighted by molar-refractivity contribution is 6.43. The number of nitrogens with two attached hydrogens (primary N) is 1. The first-order valence-electron chi connectivity index (χ1n) is 9.86. The van der Waals surface area contributed by atoms with E-state index in [9.17, 15) is 4.39 Å². The first-order chi connectivity index (χ1) is 14.4. The lowest BCUT2D eigenvalue weighted by Gasteiger charge is -2.41. The van der Waals surface area contributed by atoms with E-state index in [0.29, 0.717) is 17.8 Å². The summed E-state index contributed by atoms with van der Waals surface area (Å²) < 4.78 is 21.5. The van der Waals surface area contributed by atoms with Gasteiger partial charge in [0.2, 0.25) is 0 Å². The van der Waals surface area contributed by atoms with Crippen LogP contribution in [0.2, 0.25) is 10.0 Å². The molecule has 158 valence electrons. The molecule has 7 nitrogen and oxygen atoms in total. The fourth-order valence-corrected chi connectivity index (χ4v) is 4.87. The molecule has 0 bridgehead atoms. The van der Waals surface area contributed by atoms with Crippen molar-refractivity contribution in [3.8, 4) is 5.69 Å². The van der Waals surface area contributed by atoms with Gasteiger partial charge in [-0.25, -0.2) is 19.0 Å². The molecule has 0 radical (unpaired) electrons. The summed E-state index contributed by atoms with van der Waals surface area (Å²) in [5.41, 5.74) is 7.47. The fraction of sp³-hybridized carbons (Fsp3) is 0.450. The van der Waals surface area contributed by atoms with E-state index in [-0.39, 0.29) is 33.3 Å². The zero-order chi connectivity index (χ0) is 21.0. The molecule has 2 aliphatic rings. The van der Waals surface area contributed by atoms with Crippen molar-refractivity contribution in [3.05, 3.63) is 40.4 Å². The maximum Gasteiger partial charge on any atom is 0.181 e. The molecule has 10 heteroatoms. The van der Waals surface area contributed by atoms with Crippen molar-refractivity contribution in [2.24, 2.45) is 11.1 Å². The van der Waals surface area contributed by atoms with Gasteiger partial charge < -0.3 is 15.4 Å². The number of rotatable bonds is 2. The smallest absolute Gasteiger partial charge is 0.181 e. The maximum atomic E-state index is 14.4. The van der Waals surface area contributed by atoms with Crippen LogP contribution in [0.5, 0.6) is 0 Å². The van der Waals surface area contributed by atoms with E-state index in [1.165, 1.54) is 16.8 Å². The standard InChI is InChI=1S/C20H21Cl2FN6O/c1-11-18(24)20(10-30-11)4-6-28(7-5-20)15-9-25-19-14(27-15)8-26-29(19)17-13(23)3-2-12(21)16(17)22/h2-3,8-9,11,18H,4-7,10,24H2,1H3/t11-,18+/m0/s1. The quantitative estimate of drug-likeness (QED) is 0.600. The van der Waals surface area contributed by atoms with Gasteiger partial charge in [-0.1, -0.05) is 23.2 Å². The van der Waals surface area contributed by atoms with Crippen LogP contribution < -0.4 is 10.6 Å². The number of nitrogens with zero attached hydrogens (tertiary/aromatic N) is 5. The van der Waals surface area contributed by atoms with Crippen LogP contribution in [-0.4, -0.2) is 51.6 Å². The van der Waals surface area contributed by atoms with Crippen molar-refractivity contribution >= 4 is 40.2 Å². The fourth-order valence-electron chi connectivity index (χ4n) is 4.48. The van der Waals surface area contributed by atoms with E-state index in [2.05, 4.69) is 15.0 Å². The van der Waals surface area contributed by atoms with Gasteiger partial charge >= 0.3 is 0 Å². The van der Waals surface area contributed by atoms with Crippen LogP contribution in [0, 0.1) is 11.2 Å². The highest BCUT2D eigenvalue weighted by Gasteiger charge is 2.47. The second-order valence-corrected chi connectivity index (χ2v) is 8.86. The molecule has 2 aliphatic heterocycles. The van der Waals surface area contributed by atoms with Gasteiger partial charge in [0.05, 0.1) is 35.1 Å². The highest BCUT2D eigenvalue weighted by atomic mass is 35.5. The van der Waals surface area contributed by atoms with Gasteiger partial charge in [-0.3, -0.25) is 0 Å². The third kappa shape index (κ3) is 3.05.